The van der Waals surface area contributed by atoms with Crippen molar-refractivity contribution in [3.8, 4) is 5.75 Å². The molecule has 1 N–H and O–H groups in total. The Hall–Kier alpha value is -1.81. The number of carboxylic acids is 1. The summed E-state index contributed by atoms with van der Waals surface area (Å²) in [6.07, 6.45) is 3.53. The number of aryl methyl sites for hydroxylation is 3. The van der Waals surface area contributed by atoms with Crippen LogP contribution in [0.25, 0.3) is 0 Å². The van der Waals surface area contributed by atoms with Crippen LogP contribution >= 0.6 is 11.3 Å². The third-order valence-electron chi connectivity index (χ3n) is 3.70. The van der Waals surface area contributed by atoms with Gasteiger partial charge in [-0.25, -0.2) is 4.79 Å². The van der Waals surface area contributed by atoms with E-state index in [0.717, 1.165) is 22.6 Å². The summed E-state index contributed by atoms with van der Waals surface area (Å²) in [5, 5.41) is 8.98. The zero-order valence-corrected chi connectivity index (χ0v) is 12.1. The lowest BCUT2D eigenvalue weighted by atomic mass is 10.1. The molecule has 1 aromatic carbocycles. The Morgan fingerprint density at radius 1 is 1.30 bits per heavy atom. The zero-order valence-electron chi connectivity index (χ0n) is 11.3. The van der Waals surface area contributed by atoms with Gasteiger partial charge in [-0.2, -0.15) is 0 Å². The molecule has 0 fully saturated rings. The van der Waals surface area contributed by atoms with Crippen LogP contribution in [0.15, 0.2) is 24.3 Å². The molecular weight excluding hydrogens is 272 g/mol. The Labute approximate surface area is 121 Å². The van der Waals surface area contributed by atoms with E-state index in [9.17, 15) is 4.79 Å². The van der Waals surface area contributed by atoms with E-state index in [0.29, 0.717) is 11.5 Å². The minimum absolute atomic E-state index is 0.370. The van der Waals surface area contributed by atoms with Crippen molar-refractivity contribution in [1.29, 1.82) is 0 Å². The fourth-order valence-electron chi connectivity index (χ4n) is 2.57. The van der Waals surface area contributed by atoms with Crippen molar-refractivity contribution >= 4 is 17.3 Å². The number of rotatable bonds is 4. The topological polar surface area (TPSA) is 46.5 Å². The number of aromatic carboxylic acids is 1. The van der Waals surface area contributed by atoms with Gasteiger partial charge in [0, 0.05) is 10.4 Å². The quantitative estimate of drug-likeness (QED) is 0.930. The number of thiophene rings is 1. The Balaban J connectivity index is 1.72. The molecule has 3 rings (SSSR count). The summed E-state index contributed by atoms with van der Waals surface area (Å²) in [5.74, 6) is -0.00462. The van der Waals surface area contributed by atoms with Gasteiger partial charge in [0.05, 0.1) is 0 Å². The van der Waals surface area contributed by atoms with Crippen molar-refractivity contribution in [2.75, 3.05) is 0 Å². The van der Waals surface area contributed by atoms with Gasteiger partial charge < -0.3 is 9.84 Å². The highest BCUT2D eigenvalue weighted by Crippen LogP contribution is 2.27. The maximum Gasteiger partial charge on any atom is 0.345 e. The number of fused-ring (bicyclic) bond motifs is 1. The lowest BCUT2D eigenvalue weighted by Crippen LogP contribution is -1.97. The van der Waals surface area contributed by atoms with Crippen LogP contribution in [0.5, 0.6) is 5.75 Å². The first kappa shape index (κ1) is 13.2. The summed E-state index contributed by atoms with van der Waals surface area (Å²) in [5.41, 5.74) is 3.76. The first-order chi connectivity index (χ1) is 9.63. The number of hydrogen-bond donors (Lipinski definition) is 1. The molecule has 0 bridgehead atoms. The van der Waals surface area contributed by atoms with E-state index < -0.39 is 5.97 Å². The molecule has 0 spiro atoms. The van der Waals surface area contributed by atoms with Gasteiger partial charge in [-0.3, -0.25) is 0 Å². The summed E-state index contributed by atoms with van der Waals surface area (Å²) in [6, 6.07) is 7.96. The SMILES string of the molecule is Cc1sc(C(=O)O)cc1COc1ccc2c(c1)CCC2. The third kappa shape index (κ3) is 2.56. The van der Waals surface area contributed by atoms with Gasteiger partial charge in [0.1, 0.15) is 17.2 Å². The van der Waals surface area contributed by atoms with E-state index in [1.165, 1.54) is 35.3 Å². The summed E-state index contributed by atoms with van der Waals surface area (Å²) in [7, 11) is 0. The van der Waals surface area contributed by atoms with Crippen molar-refractivity contribution in [1.82, 2.24) is 0 Å². The Kier molecular flexibility index (Phi) is 3.49. The molecule has 1 heterocycles. The third-order valence-corrected chi connectivity index (χ3v) is 4.78. The highest BCUT2D eigenvalue weighted by atomic mass is 32.1. The lowest BCUT2D eigenvalue weighted by molar-refractivity contribution is 0.0702. The van der Waals surface area contributed by atoms with E-state index in [4.69, 9.17) is 9.84 Å². The normalized spacial score (nSPS) is 13.2. The van der Waals surface area contributed by atoms with E-state index >= 15 is 0 Å². The van der Waals surface area contributed by atoms with Crippen LogP contribution in [0.3, 0.4) is 0 Å². The van der Waals surface area contributed by atoms with Gasteiger partial charge in [-0.1, -0.05) is 6.07 Å². The van der Waals surface area contributed by atoms with Gasteiger partial charge in [0.2, 0.25) is 0 Å². The van der Waals surface area contributed by atoms with Crippen LogP contribution in [0.2, 0.25) is 0 Å². The highest BCUT2D eigenvalue weighted by Gasteiger charge is 2.13. The van der Waals surface area contributed by atoms with Crippen LogP contribution in [-0.4, -0.2) is 11.1 Å². The monoisotopic (exact) mass is 288 g/mol. The van der Waals surface area contributed by atoms with Gasteiger partial charge >= 0.3 is 5.97 Å². The Morgan fingerprint density at radius 2 is 2.10 bits per heavy atom. The molecule has 0 saturated carbocycles. The molecule has 0 aliphatic heterocycles. The molecule has 20 heavy (non-hydrogen) atoms. The zero-order chi connectivity index (χ0) is 14.1. The van der Waals surface area contributed by atoms with Crippen LogP contribution in [0.1, 0.15) is 37.7 Å². The molecule has 0 amide bonds. The van der Waals surface area contributed by atoms with Gasteiger partial charge in [-0.05, 0) is 55.5 Å². The van der Waals surface area contributed by atoms with Crippen molar-refractivity contribution in [2.24, 2.45) is 0 Å². The van der Waals surface area contributed by atoms with Crippen LogP contribution < -0.4 is 4.74 Å². The highest BCUT2D eigenvalue weighted by molar-refractivity contribution is 7.14. The molecule has 0 unspecified atom stereocenters. The largest absolute Gasteiger partial charge is 0.489 e. The predicted octanol–water partition coefficient (Wildman–Crippen LogP) is 3.82. The van der Waals surface area contributed by atoms with Crippen molar-refractivity contribution < 1.29 is 14.6 Å². The second-order valence-electron chi connectivity index (χ2n) is 5.07. The second-order valence-corrected chi connectivity index (χ2v) is 6.33. The molecular formula is C16H16O3S. The average Bonchev–Trinajstić information content (AvgIpc) is 3.02. The molecule has 0 radical (unpaired) electrons. The van der Waals surface area contributed by atoms with E-state index in [1.807, 2.05) is 13.0 Å². The molecule has 0 atom stereocenters. The fourth-order valence-corrected chi connectivity index (χ4v) is 3.43. The minimum Gasteiger partial charge on any atom is -0.489 e. The number of ether oxygens (including phenoxy) is 1. The molecule has 1 aliphatic carbocycles. The Bertz CT molecular complexity index is 658. The number of carbonyl (C=O) groups is 1. The molecule has 3 nitrogen and oxygen atoms in total. The fraction of sp³-hybridized carbons (Fsp3) is 0.312. The number of benzene rings is 1. The first-order valence-corrected chi connectivity index (χ1v) is 7.52. The summed E-state index contributed by atoms with van der Waals surface area (Å²) >= 11 is 1.30. The minimum atomic E-state index is -0.873. The van der Waals surface area contributed by atoms with Gasteiger partial charge in [-0.15, -0.1) is 11.3 Å². The standard InChI is InChI=1S/C16H16O3S/c1-10-13(8-15(20-10)16(17)18)9-19-14-6-5-11-3-2-4-12(11)7-14/h5-8H,2-4,9H2,1H3,(H,17,18). The maximum atomic E-state index is 10.9. The summed E-state index contributed by atoms with van der Waals surface area (Å²) in [6.45, 7) is 2.35. The number of carboxylic acid groups (broad SMARTS) is 1. The average molecular weight is 288 g/mol. The van der Waals surface area contributed by atoms with E-state index in [1.54, 1.807) is 6.07 Å². The lowest BCUT2D eigenvalue weighted by Gasteiger charge is -2.08. The maximum absolute atomic E-state index is 10.9. The second kappa shape index (κ2) is 5.29. The predicted molar refractivity (Wildman–Crippen MR) is 78.8 cm³/mol. The Morgan fingerprint density at radius 3 is 2.85 bits per heavy atom. The molecule has 2 aromatic rings. The van der Waals surface area contributed by atoms with Crippen molar-refractivity contribution in [2.45, 2.75) is 32.8 Å². The first-order valence-electron chi connectivity index (χ1n) is 6.70. The van der Waals surface area contributed by atoms with E-state index in [-0.39, 0.29) is 0 Å². The van der Waals surface area contributed by atoms with Gasteiger partial charge in [0.15, 0.2) is 0 Å². The van der Waals surface area contributed by atoms with Crippen molar-refractivity contribution in [3.05, 3.63) is 50.7 Å². The summed E-state index contributed by atoms with van der Waals surface area (Å²) in [4.78, 5) is 12.3. The molecule has 104 valence electrons. The van der Waals surface area contributed by atoms with Crippen molar-refractivity contribution in [3.63, 3.8) is 0 Å². The smallest absolute Gasteiger partial charge is 0.345 e. The van der Waals surface area contributed by atoms with Gasteiger partial charge in [0.25, 0.3) is 0 Å². The molecule has 4 heteroatoms. The van der Waals surface area contributed by atoms with Crippen LogP contribution in [-0.2, 0) is 19.4 Å². The van der Waals surface area contributed by atoms with Crippen LogP contribution in [0.4, 0.5) is 0 Å². The summed E-state index contributed by atoms with van der Waals surface area (Å²) < 4.78 is 5.80. The molecule has 0 saturated heterocycles. The molecule has 1 aliphatic rings. The molecule has 1 aromatic heterocycles. The van der Waals surface area contributed by atoms with Crippen LogP contribution in [0, 0.1) is 6.92 Å². The number of hydrogen-bond acceptors (Lipinski definition) is 3. The van der Waals surface area contributed by atoms with E-state index in [2.05, 4.69) is 12.1 Å².